The Morgan fingerprint density at radius 2 is 1.78 bits per heavy atom. The molecule has 2 aromatic carbocycles. The van der Waals surface area contributed by atoms with Gasteiger partial charge in [-0.2, -0.15) is 10.4 Å². The van der Waals surface area contributed by atoms with Gasteiger partial charge in [-0.15, -0.1) is 0 Å². The van der Waals surface area contributed by atoms with Crippen LogP contribution >= 0.6 is 0 Å². The van der Waals surface area contributed by atoms with Crippen molar-refractivity contribution < 1.29 is 4.79 Å². The number of urea groups is 1. The SMILES string of the molecule is Cc1cc(-c2nc(N[C@H]3CC[C@H](N(C(=O)NCc4ccccc4)c4ccc(-c5ccc(=O)n(C)c5)cc4)CC3)ncc2C#N)[nH]n1. The number of amides is 2. The Bertz CT molecular complexity index is 1920. The number of hydrogen-bond donors (Lipinski definition) is 3. The minimum Gasteiger partial charge on any atom is -0.351 e. The van der Waals surface area contributed by atoms with Crippen molar-refractivity contribution in [3.63, 3.8) is 0 Å². The van der Waals surface area contributed by atoms with Crippen LogP contribution in [0.25, 0.3) is 22.5 Å². The number of nitriles is 1. The van der Waals surface area contributed by atoms with Gasteiger partial charge in [-0.3, -0.25) is 14.8 Å². The van der Waals surface area contributed by atoms with Crippen molar-refractivity contribution >= 4 is 17.7 Å². The lowest BCUT2D eigenvalue weighted by atomic mass is 9.90. The molecule has 11 nitrogen and oxygen atoms in total. The number of rotatable bonds is 8. The standard InChI is InChI=1S/C35H35N9O2/c1-23-18-31(42-41-23)33-27(19-36)21-37-34(40-33)39-28-11-15-30(16-12-28)44(35(46)38-20-24-6-4-3-5-7-24)29-13-8-25(9-14-29)26-10-17-32(45)43(2)22-26/h3-10,13-14,17-18,21-22,28,30H,11-12,15-16,20H2,1-2H3,(H,38,46)(H,41,42)(H,37,39,40)/t28-,30-. The third kappa shape index (κ3) is 6.81. The number of aromatic nitrogens is 5. The highest BCUT2D eigenvalue weighted by Gasteiger charge is 2.30. The number of anilines is 2. The summed E-state index contributed by atoms with van der Waals surface area (Å²) < 4.78 is 1.56. The van der Waals surface area contributed by atoms with Gasteiger partial charge in [0.15, 0.2) is 0 Å². The third-order valence-electron chi connectivity index (χ3n) is 8.34. The Labute approximate surface area is 267 Å². The third-order valence-corrected chi connectivity index (χ3v) is 8.34. The number of H-pyrrole nitrogens is 1. The molecule has 0 radical (unpaired) electrons. The van der Waals surface area contributed by atoms with Gasteiger partial charge in [0.25, 0.3) is 0 Å². The molecule has 0 unspecified atom stereocenters. The van der Waals surface area contributed by atoms with Crippen LogP contribution in [0.3, 0.4) is 0 Å². The maximum atomic E-state index is 13.8. The molecule has 2 amide bonds. The first-order valence-corrected chi connectivity index (χ1v) is 15.3. The Kier molecular flexibility index (Phi) is 8.87. The van der Waals surface area contributed by atoms with E-state index in [9.17, 15) is 14.9 Å². The molecule has 5 aromatic rings. The van der Waals surface area contributed by atoms with Crippen LogP contribution in [0.15, 0.2) is 90.0 Å². The summed E-state index contributed by atoms with van der Waals surface area (Å²) in [6.45, 7) is 2.30. The predicted molar refractivity (Wildman–Crippen MR) is 177 cm³/mol. The van der Waals surface area contributed by atoms with E-state index in [1.54, 1.807) is 17.7 Å². The minimum atomic E-state index is -0.148. The first-order chi connectivity index (χ1) is 22.4. The molecule has 3 aromatic heterocycles. The summed E-state index contributed by atoms with van der Waals surface area (Å²) in [5.41, 5.74) is 6.03. The molecule has 0 spiro atoms. The number of nitrogens with one attached hydrogen (secondary N) is 3. The van der Waals surface area contributed by atoms with E-state index >= 15 is 0 Å². The van der Waals surface area contributed by atoms with Gasteiger partial charge in [0.05, 0.1) is 23.1 Å². The monoisotopic (exact) mass is 613 g/mol. The zero-order valence-corrected chi connectivity index (χ0v) is 25.8. The van der Waals surface area contributed by atoms with Crippen molar-refractivity contribution in [2.24, 2.45) is 7.05 Å². The Hall–Kier alpha value is -5.76. The molecule has 1 fully saturated rings. The summed E-state index contributed by atoms with van der Waals surface area (Å²) >= 11 is 0. The van der Waals surface area contributed by atoms with E-state index in [1.165, 1.54) is 6.20 Å². The molecule has 6 rings (SSSR count). The topological polar surface area (TPSA) is 145 Å². The number of pyridine rings is 1. The number of carbonyl (C=O) groups is 1. The average molecular weight is 614 g/mol. The molecular formula is C35H35N9O2. The fraction of sp³-hybridized carbons (Fsp3) is 0.257. The summed E-state index contributed by atoms with van der Waals surface area (Å²) in [6.07, 6.45) is 6.52. The molecule has 11 heteroatoms. The van der Waals surface area contributed by atoms with Crippen molar-refractivity contribution in [3.8, 4) is 28.6 Å². The fourth-order valence-corrected chi connectivity index (χ4v) is 5.87. The fourth-order valence-electron chi connectivity index (χ4n) is 5.87. The van der Waals surface area contributed by atoms with Crippen LogP contribution in [0.4, 0.5) is 16.4 Å². The van der Waals surface area contributed by atoms with Crippen LogP contribution in [-0.4, -0.2) is 42.8 Å². The maximum absolute atomic E-state index is 13.8. The second-order valence-corrected chi connectivity index (χ2v) is 11.6. The summed E-state index contributed by atoms with van der Waals surface area (Å²) in [5, 5.41) is 23.3. The molecule has 0 aliphatic heterocycles. The van der Waals surface area contributed by atoms with Crippen LogP contribution in [0.5, 0.6) is 0 Å². The first kappa shape index (κ1) is 30.3. The molecule has 0 atom stereocenters. The summed E-state index contributed by atoms with van der Waals surface area (Å²) in [6, 6.07) is 25.1. The van der Waals surface area contributed by atoms with E-state index in [-0.39, 0.29) is 23.7 Å². The molecule has 3 heterocycles. The highest BCUT2D eigenvalue weighted by Crippen LogP contribution is 2.31. The van der Waals surface area contributed by atoms with Crippen molar-refractivity contribution in [2.45, 2.75) is 51.2 Å². The normalized spacial score (nSPS) is 15.9. The van der Waals surface area contributed by atoms with Crippen molar-refractivity contribution in [2.75, 3.05) is 10.2 Å². The van der Waals surface area contributed by atoms with Crippen LogP contribution < -0.4 is 21.1 Å². The van der Waals surface area contributed by atoms with Gasteiger partial charge >= 0.3 is 6.03 Å². The van der Waals surface area contributed by atoms with Gasteiger partial charge < -0.3 is 15.2 Å². The zero-order valence-electron chi connectivity index (χ0n) is 25.8. The van der Waals surface area contributed by atoms with Crippen molar-refractivity contribution in [1.29, 1.82) is 5.26 Å². The van der Waals surface area contributed by atoms with E-state index in [0.29, 0.717) is 29.4 Å². The summed E-state index contributed by atoms with van der Waals surface area (Å²) in [7, 11) is 1.73. The minimum absolute atomic E-state index is 0.0115. The lowest BCUT2D eigenvalue weighted by molar-refractivity contribution is 0.240. The molecule has 1 saturated carbocycles. The number of aromatic amines is 1. The molecule has 46 heavy (non-hydrogen) atoms. The molecule has 1 aliphatic rings. The lowest BCUT2D eigenvalue weighted by Gasteiger charge is -2.37. The Morgan fingerprint density at radius 1 is 1.04 bits per heavy atom. The molecule has 1 aliphatic carbocycles. The molecular weight excluding hydrogens is 578 g/mol. The number of aryl methyl sites for hydroxylation is 2. The number of carbonyl (C=O) groups excluding carboxylic acids is 1. The van der Waals surface area contributed by atoms with Gasteiger partial charge in [-0.25, -0.2) is 14.8 Å². The van der Waals surface area contributed by atoms with Crippen molar-refractivity contribution in [1.82, 2.24) is 30.0 Å². The van der Waals surface area contributed by atoms with E-state index in [1.807, 2.05) is 84.8 Å². The van der Waals surface area contributed by atoms with E-state index in [0.717, 1.165) is 53.8 Å². The van der Waals surface area contributed by atoms with Gasteiger partial charge in [0, 0.05) is 43.6 Å². The molecule has 3 N–H and O–H groups in total. The molecule has 232 valence electrons. The summed E-state index contributed by atoms with van der Waals surface area (Å²) in [4.78, 5) is 36.5. The zero-order chi connectivity index (χ0) is 32.0. The largest absolute Gasteiger partial charge is 0.351 e. The van der Waals surface area contributed by atoms with Crippen LogP contribution in [0, 0.1) is 18.3 Å². The van der Waals surface area contributed by atoms with E-state index < -0.39 is 0 Å². The molecule has 0 bridgehead atoms. The van der Waals surface area contributed by atoms with E-state index in [4.69, 9.17) is 0 Å². The average Bonchev–Trinajstić information content (AvgIpc) is 3.52. The van der Waals surface area contributed by atoms with Gasteiger partial charge in [0.2, 0.25) is 11.5 Å². The lowest BCUT2D eigenvalue weighted by Crippen LogP contribution is -2.48. The summed E-state index contributed by atoms with van der Waals surface area (Å²) in [5.74, 6) is 0.455. The highest BCUT2D eigenvalue weighted by molar-refractivity contribution is 5.93. The number of hydrogen-bond acceptors (Lipinski definition) is 7. The first-order valence-electron chi connectivity index (χ1n) is 15.3. The Morgan fingerprint density at radius 3 is 2.46 bits per heavy atom. The second kappa shape index (κ2) is 13.5. The number of nitrogens with zero attached hydrogens (tertiary/aromatic N) is 6. The highest BCUT2D eigenvalue weighted by atomic mass is 16.2. The smallest absolute Gasteiger partial charge is 0.322 e. The van der Waals surface area contributed by atoms with Crippen LogP contribution in [0.2, 0.25) is 0 Å². The van der Waals surface area contributed by atoms with Gasteiger partial charge in [-0.1, -0.05) is 42.5 Å². The second-order valence-electron chi connectivity index (χ2n) is 11.6. The quantitative estimate of drug-likeness (QED) is 0.208. The number of benzene rings is 2. The predicted octanol–water partition coefficient (Wildman–Crippen LogP) is 5.55. The van der Waals surface area contributed by atoms with E-state index in [2.05, 4.69) is 36.9 Å². The Balaban J connectivity index is 1.18. The molecule has 0 saturated heterocycles. The van der Waals surface area contributed by atoms with Crippen LogP contribution in [0.1, 0.15) is 42.5 Å². The van der Waals surface area contributed by atoms with Gasteiger partial charge in [0.1, 0.15) is 11.8 Å². The van der Waals surface area contributed by atoms with Crippen LogP contribution in [-0.2, 0) is 13.6 Å². The van der Waals surface area contributed by atoms with Crippen molar-refractivity contribution in [3.05, 3.63) is 112 Å². The maximum Gasteiger partial charge on any atom is 0.322 e. The van der Waals surface area contributed by atoms with Gasteiger partial charge in [-0.05, 0) is 73.6 Å².